The Bertz CT molecular complexity index is 703. The third-order valence-corrected chi connectivity index (χ3v) is 4.83. The molecule has 1 unspecified atom stereocenters. The maximum atomic E-state index is 6.38. The molecule has 0 N–H and O–H groups in total. The molecule has 21 heavy (non-hydrogen) atoms. The summed E-state index contributed by atoms with van der Waals surface area (Å²) in [4.78, 5) is 0. The van der Waals surface area contributed by atoms with E-state index in [0.29, 0.717) is 0 Å². The maximum absolute atomic E-state index is 6.38. The molecule has 112 valence electrons. The van der Waals surface area contributed by atoms with Gasteiger partial charge >= 0.3 is 0 Å². The molecule has 1 atom stereocenters. The van der Waals surface area contributed by atoms with Crippen LogP contribution < -0.4 is 0 Å². The Balaban J connectivity index is 2.08. The minimum absolute atomic E-state index is 0.113. The lowest BCUT2D eigenvalue weighted by atomic mass is 9.89. The zero-order chi connectivity index (χ0) is 15.4. The second-order valence-corrected chi connectivity index (χ2v) is 6.66. The Morgan fingerprint density at radius 2 is 2.10 bits per heavy atom. The molecule has 2 heterocycles. The first-order valence-electron chi connectivity index (χ1n) is 7.29. The van der Waals surface area contributed by atoms with Gasteiger partial charge in [0.25, 0.3) is 0 Å². The summed E-state index contributed by atoms with van der Waals surface area (Å²) in [6.07, 6.45) is 0.910. The van der Waals surface area contributed by atoms with E-state index in [9.17, 15) is 0 Å². The van der Waals surface area contributed by atoms with E-state index >= 15 is 0 Å². The number of ether oxygens (including phenoxy) is 1. The molecule has 2 aromatic rings. The molecule has 1 aromatic heterocycles. The van der Waals surface area contributed by atoms with Crippen molar-refractivity contribution in [2.45, 2.75) is 45.8 Å². The van der Waals surface area contributed by atoms with Crippen LogP contribution in [0.1, 0.15) is 54.8 Å². The molecular weight excluding hydrogens is 284 g/mol. The normalized spacial score (nSPS) is 19.8. The van der Waals surface area contributed by atoms with Crippen LogP contribution in [0, 0.1) is 6.92 Å². The van der Waals surface area contributed by atoms with Crippen molar-refractivity contribution >= 4 is 11.6 Å². The minimum Gasteiger partial charge on any atom is -0.363 e. The van der Waals surface area contributed by atoms with Crippen molar-refractivity contribution in [3.05, 3.63) is 51.3 Å². The smallest absolute Gasteiger partial charge is 0.130 e. The first kappa shape index (κ1) is 14.6. The van der Waals surface area contributed by atoms with E-state index in [1.165, 1.54) is 16.7 Å². The van der Waals surface area contributed by atoms with Crippen LogP contribution in [0.2, 0.25) is 5.15 Å². The number of fused-ring (bicyclic) bond motifs is 1. The topological polar surface area (TPSA) is 27.1 Å². The molecule has 1 aliphatic heterocycles. The zero-order valence-electron chi connectivity index (χ0n) is 13.2. The highest BCUT2D eigenvalue weighted by atomic mass is 35.5. The van der Waals surface area contributed by atoms with Gasteiger partial charge < -0.3 is 4.74 Å². The Labute approximate surface area is 130 Å². The second-order valence-electron chi connectivity index (χ2n) is 6.30. The number of hydrogen-bond acceptors (Lipinski definition) is 2. The molecule has 4 heteroatoms. The monoisotopic (exact) mass is 304 g/mol. The van der Waals surface area contributed by atoms with E-state index in [0.717, 1.165) is 22.8 Å². The van der Waals surface area contributed by atoms with Gasteiger partial charge in [-0.3, -0.25) is 4.68 Å². The van der Waals surface area contributed by atoms with E-state index in [1.807, 2.05) is 14.0 Å². The number of rotatable bonds is 2. The Morgan fingerprint density at radius 1 is 1.38 bits per heavy atom. The van der Waals surface area contributed by atoms with Gasteiger partial charge in [-0.1, -0.05) is 29.8 Å². The summed E-state index contributed by atoms with van der Waals surface area (Å²) in [6, 6.07) is 6.44. The van der Waals surface area contributed by atoms with Gasteiger partial charge in [-0.2, -0.15) is 5.10 Å². The van der Waals surface area contributed by atoms with Crippen molar-refractivity contribution in [3.63, 3.8) is 0 Å². The van der Waals surface area contributed by atoms with E-state index < -0.39 is 0 Å². The van der Waals surface area contributed by atoms with Crippen LogP contribution in [0.4, 0.5) is 0 Å². The molecule has 0 radical (unpaired) electrons. The molecule has 1 aliphatic rings. The lowest BCUT2D eigenvalue weighted by Crippen LogP contribution is -2.15. The Hall–Kier alpha value is -1.32. The van der Waals surface area contributed by atoms with Gasteiger partial charge in [-0.05, 0) is 44.4 Å². The van der Waals surface area contributed by atoms with Crippen LogP contribution in [-0.2, 0) is 23.8 Å². The predicted octanol–water partition coefficient (Wildman–Crippen LogP) is 4.30. The third kappa shape index (κ3) is 2.29. The van der Waals surface area contributed by atoms with E-state index in [2.05, 4.69) is 44.1 Å². The summed E-state index contributed by atoms with van der Waals surface area (Å²) >= 11 is 6.38. The zero-order valence-corrected chi connectivity index (χ0v) is 14.0. The SMILES string of the molecule is Cc1nn(C)c(Cl)c1Cc1cccc2c1C(C)OC2(C)C. The van der Waals surface area contributed by atoms with Crippen LogP contribution in [0.3, 0.4) is 0 Å². The molecule has 0 bridgehead atoms. The predicted molar refractivity (Wildman–Crippen MR) is 84.7 cm³/mol. The highest BCUT2D eigenvalue weighted by Gasteiger charge is 2.36. The highest BCUT2D eigenvalue weighted by molar-refractivity contribution is 6.30. The number of benzene rings is 1. The van der Waals surface area contributed by atoms with Gasteiger partial charge in [-0.25, -0.2) is 0 Å². The van der Waals surface area contributed by atoms with E-state index in [-0.39, 0.29) is 11.7 Å². The molecule has 3 rings (SSSR count). The van der Waals surface area contributed by atoms with Crippen LogP contribution in [0.5, 0.6) is 0 Å². The van der Waals surface area contributed by atoms with E-state index in [1.54, 1.807) is 4.68 Å². The minimum atomic E-state index is -0.224. The van der Waals surface area contributed by atoms with Crippen molar-refractivity contribution in [2.75, 3.05) is 0 Å². The van der Waals surface area contributed by atoms with Crippen LogP contribution in [0.25, 0.3) is 0 Å². The van der Waals surface area contributed by atoms with Gasteiger partial charge in [-0.15, -0.1) is 0 Å². The molecule has 3 nitrogen and oxygen atoms in total. The molecular formula is C17H21ClN2O. The molecule has 0 amide bonds. The maximum Gasteiger partial charge on any atom is 0.130 e. The average molecular weight is 305 g/mol. The second kappa shape index (κ2) is 4.85. The molecule has 0 spiro atoms. The summed E-state index contributed by atoms with van der Waals surface area (Å²) in [5.74, 6) is 0. The van der Waals surface area contributed by atoms with Gasteiger partial charge in [0.2, 0.25) is 0 Å². The summed E-state index contributed by atoms with van der Waals surface area (Å²) in [5.41, 5.74) is 5.74. The average Bonchev–Trinajstić information content (AvgIpc) is 2.78. The largest absolute Gasteiger partial charge is 0.363 e. The van der Waals surface area contributed by atoms with Gasteiger partial charge in [0.1, 0.15) is 5.15 Å². The van der Waals surface area contributed by atoms with Crippen molar-refractivity contribution in [1.29, 1.82) is 0 Å². The number of halogens is 1. The lowest BCUT2D eigenvalue weighted by molar-refractivity contribution is -0.0436. The van der Waals surface area contributed by atoms with Crippen LogP contribution in [0.15, 0.2) is 18.2 Å². The summed E-state index contributed by atoms with van der Waals surface area (Å²) in [7, 11) is 1.88. The quantitative estimate of drug-likeness (QED) is 0.827. The number of aromatic nitrogens is 2. The fourth-order valence-electron chi connectivity index (χ4n) is 3.40. The summed E-state index contributed by atoms with van der Waals surface area (Å²) in [6.45, 7) is 8.38. The number of nitrogens with zero attached hydrogens (tertiary/aromatic N) is 2. The van der Waals surface area contributed by atoms with Crippen molar-refractivity contribution in [3.8, 4) is 0 Å². The standard InChI is InChI=1S/C17H21ClN2O/c1-10-13(16(18)20(5)19-10)9-12-7-6-8-14-15(12)11(2)21-17(14,3)4/h6-8,11H,9H2,1-5H3. The van der Waals surface area contributed by atoms with Crippen molar-refractivity contribution in [1.82, 2.24) is 9.78 Å². The van der Waals surface area contributed by atoms with Gasteiger partial charge in [0.05, 0.1) is 17.4 Å². The first-order valence-corrected chi connectivity index (χ1v) is 7.67. The summed E-state index contributed by atoms with van der Waals surface area (Å²) in [5, 5.41) is 5.12. The molecule has 1 aromatic carbocycles. The molecule has 0 aliphatic carbocycles. The molecule has 0 saturated heterocycles. The molecule has 0 fully saturated rings. The lowest BCUT2D eigenvalue weighted by Gasteiger charge is -2.19. The third-order valence-electron chi connectivity index (χ3n) is 4.36. The van der Waals surface area contributed by atoms with Crippen molar-refractivity contribution < 1.29 is 4.74 Å². The van der Waals surface area contributed by atoms with Crippen LogP contribution in [-0.4, -0.2) is 9.78 Å². The van der Waals surface area contributed by atoms with Crippen molar-refractivity contribution in [2.24, 2.45) is 7.05 Å². The fourth-order valence-corrected chi connectivity index (χ4v) is 3.64. The van der Waals surface area contributed by atoms with Gasteiger partial charge in [0.15, 0.2) is 0 Å². The summed E-state index contributed by atoms with van der Waals surface area (Å²) < 4.78 is 7.84. The Kier molecular flexibility index (Phi) is 3.38. The Morgan fingerprint density at radius 3 is 2.71 bits per heavy atom. The van der Waals surface area contributed by atoms with Gasteiger partial charge in [0, 0.05) is 19.0 Å². The fraction of sp³-hybridized carbons (Fsp3) is 0.471. The van der Waals surface area contributed by atoms with Crippen LogP contribution >= 0.6 is 11.6 Å². The highest BCUT2D eigenvalue weighted by Crippen LogP contribution is 2.45. The molecule has 0 saturated carbocycles. The number of aryl methyl sites for hydroxylation is 2. The number of hydrogen-bond donors (Lipinski definition) is 0. The first-order chi connectivity index (χ1) is 9.81. The van der Waals surface area contributed by atoms with E-state index in [4.69, 9.17) is 16.3 Å².